The van der Waals surface area contributed by atoms with Gasteiger partial charge in [0.1, 0.15) is 0 Å². The van der Waals surface area contributed by atoms with E-state index in [1.807, 2.05) is 7.05 Å². The van der Waals surface area contributed by atoms with E-state index in [0.717, 1.165) is 13.0 Å². The zero-order valence-corrected chi connectivity index (χ0v) is 6.30. The van der Waals surface area contributed by atoms with Crippen LogP contribution in [0.1, 0.15) is 6.42 Å². The molecule has 54 valence electrons. The quantitative estimate of drug-likeness (QED) is 0.607. The number of nitrogens with one attached hydrogen (secondary N) is 1. The highest BCUT2D eigenvalue weighted by Gasteiger charge is 1.89. The summed E-state index contributed by atoms with van der Waals surface area (Å²) in [6.45, 7) is 0.959. The van der Waals surface area contributed by atoms with Crippen molar-refractivity contribution in [2.45, 2.75) is 6.42 Å². The molecule has 0 saturated heterocycles. The van der Waals surface area contributed by atoms with E-state index in [1.54, 1.807) is 0 Å². The van der Waals surface area contributed by atoms with Crippen molar-refractivity contribution >= 4 is 0 Å². The Hall–Kier alpha value is -0.820. The lowest BCUT2D eigenvalue weighted by atomic mass is 10.2. The molecule has 0 heterocycles. The van der Waals surface area contributed by atoms with E-state index in [2.05, 4.69) is 35.7 Å². The van der Waals surface area contributed by atoms with Gasteiger partial charge in [0.15, 0.2) is 0 Å². The minimum Gasteiger partial charge on any atom is -0.316 e. The Labute approximate surface area is 62.1 Å². The molecule has 0 aliphatic heterocycles. The summed E-state index contributed by atoms with van der Waals surface area (Å²) >= 11 is 0. The maximum absolute atomic E-state index is 3.11. The molecule has 0 aromatic heterocycles. The Morgan fingerprint density at radius 2 is 2.40 bits per heavy atom. The van der Waals surface area contributed by atoms with Crippen molar-refractivity contribution in [2.24, 2.45) is 0 Å². The van der Waals surface area contributed by atoms with Gasteiger partial charge in [-0.15, -0.1) is 0 Å². The molecule has 0 unspecified atom stereocenters. The van der Waals surface area contributed by atoms with Crippen LogP contribution in [-0.2, 0) is 0 Å². The predicted octanol–water partition coefficient (Wildman–Crippen LogP) is 1.65. The number of likely N-dealkylation sites (N-methyl/N-ethyl adjacent to an activating group) is 1. The molecule has 0 fully saturated rings. The van der Waals surface area contributed by atoms with Crippen LogP contribution in [0.15, 0.2) is 36.0 Å². The van der Waals surface area contributed by atoms with Crippen LogP contribution < -0.4 is 5.32 Å². The highest BCUT2D eigenvalue weighted by atomic mass is 14.8. The van der Waals surface area contributed by atoms with Crippen molar-refractivity contribution in [3.63, 3.8) is 0 Å². The lowest BCUT2D eigenvalue weighted by Crippen LogP contribution is -2.08. The maximum Gasteiger partial charge on any atom is 0.0202 e. The Morgan fingerprint density at radius 1 is 1.50 bits per heavy atom. The first-order valence-corrected chi connectivity index (χ1v) is 3.60. The molecule has 0 aromatic rings. The van der Waals surface area contributed by atoms with Crippen LogP contribution in [0.3, 0.4) is 0 Å². The molecule has 0 amide bonds. The van der Waals surface area contributed by atoms with Gasteiger partial charge in [-0.2, -0.15) is 0 Å². The van der Waals surface area contributed by atoms with Gasteiger partial charge >= 0.3 is 0 Å². The van der Waals surface area contributed by atoms with Crippen LogP contribution in [-0.4, -0.2) is 13.6 Å². The molecule has 0 atom stereocenters. The molecular formula is C9H13N. The highest BCUT2D eigenvalue weighted by molar-refractivity contribution is 5.28. The summed E-state index contributed by atoms with van der Waals surface area (Å²) in [7, 11) is 1.96. The number of rotatable bonds is 2. The lowest BCUT2D eigenvalue weighted by molar-refractivity contribution is 0.895. The van der Waals surface area contributed by atoms with E-state index in [0.29, 0.717) is 0 Å². The van der Waals surface area contributed by atoms with Gasteiger partial charge in [0, 0.05) is 6.54 Å². The summed E-state index contributed by atoms with van der Waals surface area (Å²) in [5, 5.41) is 3.11. The van der Waals surface area contributed by atoms with Gasteiger partial charge in [0.2, 0.25) is 0 Å². The van der Waals surface area contributed by atoms with E-state index in [-0.39, 0.29) is 0 Å². The summed E-state index contributed by atoms with van der Waals surface area (Å²) in [6.07, 6.45) is 11.8. The molecule has 0 saturated carbocycles. The number of allylic oxidation sites excluding steroid dienone is 4. The number of hydrogen-bond donors (Lipinski definition) is 1. The zero-order valence-electron chi connectivity index (χ0n) is 6.30. The fourth-order valence-electron chi connectivity index (χ4n) is 0.946. The summed E-state index contributed by atoms with van der Waals surface area (Å²) in [6, 6.07) is 0. The molecule has 0 radical (unpaired) electrons. The van der Waals surface area contributed by atoms with Gasteiger partial charge in [-0.1, -0.05) is 30.4 Å². The average Bonchev–Trinajstić information content (AvgIpc) is 2.17. The molecule has 10 heavy (non-hydrogen) atoms. The molecule has 1 aliphatic rings. The van der Waals surface area contributed by atoms with Crippen molar-refractivity contribution in [2.75, 3.05) is 13.6 Å². The molecule has 1 heteroatoms. The zero-order chi connectivity index (χ0) is 7.23. The average molecular weight is 135 g/mol. The van der Waals surface area contributed by atoms with Gasteiger partial charge in [0.25, 0.3) is 0 Å². The first-order chi connectivity index (χ1) is 4.93. The molecule has 1 rings (SSSR count). The van der Waals surface area contributed by atoms with Crippen molar-refractivity contribution in [1.29, 1.82) is 0 Å². The molecule has 0 bridgehead atoms. The normalized spacial score (nSPS) is 16.7. The number of hydrogen-bond acceptors (Lipinski definition) is 1. The van der Waals surface area contributed by atoms with Crippen LogP contribution in [0.5, 0.6) is 0 Å². The van der Waals surface area contributed by atoms with Gasteiger partial charge < -0.3 is 5.32 Å². The van der Waals surface area contributed by atoms with Crippen LogP contribution in [0.25, 0.3) is 0 Å². The predicted molar refractivity (Wildman–Crippen MR) is 44.9 cm³/mol. The third-order valence-corrected chi connectivity index (χ3v) is 1.43. The summed E-state index contributed by atoms with van der Waals surface area (Å²) in [5.41, 5.74) is 1.34. The first-order valence-electron chi connectivity index (χ1n) is 3.60. The maximum atomic E-state index is 3.11. The van der Waals surface area contributed by atoms with Crippen LogP contribution in [0.2, 0.25) is 0 Å². The highest BCUT2D eigenvalue weighted by Crippen LogP contribution is 2.02. The van der Waals surface area contributed by atoms with E-state index in [9.17, 15) is 0 Å². The minimum absolute atomic E-state index is 0.959. The Kier molecular flexibility index (Phi) is 2.97. The van der Waals surface area contributed by atoms with Gasteiger partial charge in [-0.3, -0.25) is 0 Å². The minimum atomic E-state index is 0.959. The Bertz CT molecular complexity index is 175. The van der Waals surface area contributed by atoms with E-state index in [4.69, 9.17) is 0 Å². The first kappa shape index (κ1) is 7.29. The lowest BCUT2D eigenvalue weighted by Gasteiger charge is -1.96. The monoisotopic (exact) mass is 135 g/mol. The van der Waals surface area contributed by atoms with E-state index < -0.39 is 0 Å². The second-order valence-corrected chi connectivity index (χ2v) is 2.34. The van der Waals surface area contributed by atoms with Crippen LogP contribution in [0, 0.1) is 0 Å². The third-order valence-electron chi connectivity index (χ3n) is 1.43. The van der Waals surface area contributed by atoms with Crippen LogP contribution in [0.4, 0.5) is 0 Å². The van der Waals surface area contributed by atoms with Gasteiger partial charge in [-0.25, -0.2) is 0 Å². The molecule has 0 spiro atoms. The van der Waals surface area contributed by atoms with Crippen LogP contribution >= 0.6 is 0 Å². The Balaban J connectivity index is 2.55. The van der Waals surface area contributed by atoms with Crippen molar-refractivity contribution in [3.05, 3.63) is 36.0 Å². The summed E-state index contributed by atoms with van der Waals surface area (Å²) in [4.78, 5) is 0. The topological polar surface area (TPSA) is 12.0 Å². The van der Waals surface area contributed by atoms with Crippen molar-refractivity contribution in [1.82, 2.24) is 5.32 Å². The smallest absolute Gasteiger partial charge is 0.0202 e. The molecule has 1 N–H and O–H groups in total. The second kappa shape index (κ2) is 4.07. The standard InChI is InChI=1S/C9H13N/c1-10-8-9-6-4-2-3-5-7-9/h2,4-7,10H,3,8H2,1H3. The van der Waals surface area contributed by atoms with Crippen molar-refractivity contribution < 1.29 is 0 Å². The Morgan fingerprint density at radius 3 is 3.20 bits per heavy atom. The fraction of sp³-hybridized carbons (Fsp3) is 0.333. The second-order valence-electron chi connectivity index (χ2n) is 2.34. The molecule has 1 nitrogen and oxygen atoms in total. The van der Waals surface area contributed by atoms with E-state index >= 15 is 0 Å². The largest absolute Gasteiger partial charge is 0.316 e. The summed E-state index contributed by atoms with van der Waals surface area (Å²) < 4.78 is 0. The third kappa shape index (κ3) is 2.19. The molecular weight excluding hydrogens is 122 g/mol. The molecule has 1 aliphatic carbocycles. The summed E-state index contributed by atoms with van der Waals surface area (Å²) in [5.74, 6) is 0. The molecule has 0 aromatic carbocycles. The van der Waals surface area contributed by atoms with Gasteiger partial charge in [0.05, 0.1) is 0 Å². The van der Waals surface area contributed by atoms with Gasteiger partial charge in [-0.05, 0) is 19.0 Å². The van der Waals surface area contributed by atoms with E-state index in [1.165, 1.54) is 5.57 Å². The fourth-order valence-corrected chi connectivity index (χ4v) is 0.946. The van der Waals surface area contributed by atoms with Crippen molar-refractivity contribution in [3.8, 4) is 0 Å². The SMILES string of the molecule is CNCC1=CC=CCC=C1.